The number of hydrazine groups is 13. The van der Waals surface area contributed by atoms with Crippen LogP contribution in [0.4, 0.5) is 0 Å². The van der Waals surface area contributed by atoms with Gasteiger partial charge in [0.25, 0.3) is 5.97 Å². The van der Waals surface area contributed by atoms with Crippen LogP contribution >= 0.6 is 0 Å². The molecule has 2 spiro atoms. The van der Waals surface area contributed by atoms with Crippen molar-refractivity contribution in [3.8, 4) is 0 Å². The van der Waals surface area contributed by atoms with E-state index in [1.165, 1.54) is 230 Å². The molecule has 0 radical (unpaired) electrons. The van der Waals surface area contributed by atoms with E-state index in [2.05, 4.69) is 179 Å². The van der Waals surface area contributed by atoms with Gasteiger partial charge in [0, 0.05) is 134 Å². The van der Waals surface area contributed by atoms with Crippen molar-refractivity contribution in [2.45, 2.75) is 273 Å². The maximum absolute atomic E-state index is 5.63. The van der Waals surface area contributed by atoms with Gasteiger partial charge in [-0.3, -0.25) is 109 Å². The van der Waals surface area contributed by atoms with Crippen molar-refractivity contribution >= 4 is 0 Å². The topological polar surface area (TPSA) is 405 Å². The summed E-state index contributed by atoms with van der Waals surface area (Å²) in [6.45, 7) is 28.0. The quantitative estimate of drug-likeness (QED) is 0.150. The summed E-state index contributed by atoms with van der Waals surface area (Å²) >= 11 is 0. The molecular formula is C82H164N26O10. The molecule has 16 atom stereocenters. The molecule has 118 heavy (non-hydrogen) atoms. The molecule has 22 fully saturated rings. The Morgan fingerprint density at radius 2 is 0.754 bits per heavy atom. The van der Waals surface area contributed by atoms with Gasteiger partial charge >= 0.3 is 0 Å². The maximum Gasteiger partial charge on any atom is 0.285 e. The van der Waals surface area contributed by atoms with Crippen LogP contribution in [0.2, 0.25) is 0 Å². The standard InChI is InChI=1S/C9H18N2.C8H16N2O.C8H16N2.2C7H14N2.2C6H12N2O3.C6H12N2O.C6H10N2O.C6H12N2.C5H8N2.C5H12N2.C3H8N2O/c1-2-4-9-7-11-10-6-5-8(9)3-1;1-2-4-8-7(3-1)5-9-10-6-11-8;1-2-7-4-5-9-10-6-8(7)3-1;1-2-7(1)3-5-8-9-6-4-7;1-2-6-4-5-7(3-1)9-8-6;1-2-10-6-5(9-1)3-7-8-4-11-6;1-2-7-8-5-11-6(1)9-3-4-10-6;2*1-2-6-4-9-3-5(1)7-8-6;1-5-3-7-8-4-6(5)2;1-2-5-3-4(1)6-7-5;1-2-4-6-7-5-3-1;1-2-6-3-5-4-1/h8-11H,1-7H2;7-10H,1-6H2;7-10H,1-6H2;8-9H,1-6H2;6-9H,1-5H2;5-8H,1-4H2;7-8H,1-5H2;5-8H,1-4H2;1-2,5-8H,3-4H2;7-8H,3-4H2,1-2H3;1-2,4-7H,3H2;6-7H,1-5H2;4-5H,1-3H2. The average molecular weight is 1670 g/mol. The summed E-state index contributed by atoms with van der Waals surface area (Å²) in [5.74, 6) is 3.98. The van der Waals surface area contributed by atoms with Crippen molar-refractivity contribution in [3.63, 3.8) is 0 Å². The van der Waals surface area contributed by atoms with Crippen LogP contribution < -0.4 is 141 Å². The summed E-state index contributed by atoms with van der Waals surface area (Å²) in [6, 6.07) is 4.70. The van der Waals surface area contributed by atoms with Crippen molar-refractivity contribution in [1.29, 1.82) is 0 Å². The van der Waals surface area contributed by atoms with Crippen LogP contribution in [0.3, 0.4) is 0 Å². The number of rotatable bonds is 0. The first-order valence-electron chi connectivity index (χ1n) is 46.6. The van der Waals surface area contributed by atoms with E-state index in [9.17, 15) is 0 Å². The van der Waals surface area contributed by atoms with Crippen LogP contribution in [-0.4, -0.2) is 251 Å². The predicted octanol–water partition coefficient (Wildman–Crippen LogP) is 0.852. The van der Waals surface area contributed by atoms with E-state index in [1.807, 2.05) is 0 Å². The molecular weight excluding hydrogens is 1510 g/mol. The van der Waals surface area contributed by atoms with Gasteiger partial charge in [-0.25, -0.2) is 32.6 Å². The van der Waals surface area contributed by atoms with Crippen LogP contribution in [0.1, 0.15) is 200 Å². The highest BCUT2D eigenvalue weighted by Crippen LogP contribution is 2.51. The van der Waals surface area contributed by atoms with E-state index < -0.39 is 5.97 Å². The predicted molar refractivity (Wildman–Crippen MR) is 459 cm³/mol. The van der Waals surface area contributed by atoms with E-state index in [-0.39, 0.29) is 12.4 Å². The highest BCUT2D eigenvalue weighted by molar-refractivity contribution is 5.14. The van der Waals surface area contributed by atoms with Gasteiger partial charge in [-0.05, 0) is 171 Å². The molecule has 6 aliphatic carbocycles. The lowest BCUT2D eigenvalue weighted by Crippen LogP contribution is -2.50. The van der Waals surface area contributed by atoms with Crippen molar-refractivity contribution < 1.29 is 47.4 Å². The Kier molecular flexibility index (Phi) is 47.6. The van der Waals surface area contributed by atoms with Crippen molar-refractivity contribution in [3.05, 3.63) is 35.5 Å². The second-order valence-electron chi connectivity index (χ2n) is 35.2. The third kappa shape index (κ3) is 38.1. The van der Waals surface area contributed by atoms with E-state index in [0.29, 0.717) is 95.7 Å². The molecule has 26 aliphatic rings. The lowest BCUT2D eigenvalue weighted by Gasteiger charge is -2.28. The molecule has 26 rings (SSSR count). The lowest BCUT2D eigenvalue weighted by molar-refractivity contribution is -0.330. The lowest BCUT2D eigenvalue weighted by atomic mass is 9.78. The summed E-state index contributed by atoms with van der Waals surface area (Å²) in [4.78, 5) is 0. The molecule has 0 aromatic carbocycles. The van der Waals surface area contributed by atoms with Gasteiger partial charge in [0.1, 0.15) is 33.0 Å². The van der Waals surface area contributed by atoms with Gasteiger partial charge < -0.3 is 47.4 Å². The number of ether oxygens (including phenoxy) is 10. The van der Waals surface area contributed by atoms with Crippen LogP contribution in [0.15, 0.2) is 35.5 Å². The van der Waals surface area contributed by atoms with E-state index in [0.717, 1.165) is 139 Å². The van der Waals surface area contributed by atoms with Gasteiger partial charge in [0.05, 0.1) is 77.6 Å². The summed E-state index contributed by atoms with van der Waals surface area (Å²) < 4.78 is 53.2. The van der Waals surface area contributed by atoms with Crippen molar-refractivity contribution in [1.82, 2.24) is 141 Å². The van der Waals surface area contributed by atoms with Crippen LogP contribution in [0.25, 0.3) is 0 Å². The Labute approximate surface area is 706 Å². The third-order valence-corrected chi connectivity index (χ3v) is 26.1. The first-order valence-corrected chi connectivity index (χ1v) is 46.6. The molecule has 0 aromatic rings. The number of hydrogen-bond acceptors (Lipinski definition) is 36. The fourth-order valence-electron chi connectivity index (χ4n) is 18.2. The summed E-state index contributed by atoms with van der Waals surface area (Å²) in [6.07, 6.45) is 48.6. The van der Waals surface area contributed by atoms with Crippen molar-refractivity contribution in [2.24, 2.45) is 35.0 Å². The van der Waals surface area contributed by atoms with Gasteiger partial charge in [-0.15, -0.1) is 0 Å². The molecule has 682 valence electrons. The Morgan fingerprint density at radius 1 is 0.280 bits per heavy atom. The molecule has 36 nitrogen and oxygen atoms in total. The Balaban J connectivity index is 0.000000126. The van der Waals surface area contributed by atoms with Gasteiger partial charge in [-0.1, -0.05) is 93.2 Å². The van der Waals surface area contributed by atoms with E-state index >= 15 is 0 Å². The van der Waals surface area contributed by atoms with Crippen molar-refractivity contribution in [2.75, 3.05) is 178 Å². The Morgan fingerprint density at radius 3 is 1.31 bits per heavy atom. The largest absolute Gasteiger partial charge is 0.378 e. The minimum atomic E-state index is -0.767. The maximum atomic E-state index is 5.63. The minimum Gasteiger partial charge on any atom is -0.378 e. The zero-order valence-corrected chi connectivity index (χ0v) is 72.2. The molecule has 8 bridgehead atoms. The molecule has 26 N–H and O–H groups in total. The second-order valence-corrected chi connectivity index (χ2v) is 35.2. The SMILES string of the molecule is C1=CC2CC1NN2.C1=CC2COCC1NN2.C1CC2(CCNN1)CC2.C1CC2(OCCO2)OCNN1.C1CC2CCC(C1)NN2.C1CC2CCNNCC2C1.C1CC2COCC1NN2.C1CCC2CNNCCC2C1.C1CCC2OCNNCC2C1.C1CCNNCC1.C1COC2OCNNCC2O1.C1COCNN1.CC1=C(C)CNNC1. The first kappa shape index (κ1) is 96.4. The third-order valence-electron chi connectivity index (χ3n) is 26.1. The fraction of sp³-hybridized carbons (Fsp3) is 0.927. The second kappa shape index (κ2) is 58.2. The number of nitrogens with one attached hydrogen (secondary N) is 26. The van der Waals surface area contributed by atoms with Crippen LogP contribution in [0.5, 0.6) is 0 Å². The molecule has 20 aliphatic heterocycles. The first-order chi connectivity index (χ1) is 58.3. The van der Waals surface area contributed by atoms with E-state index in [4.69, 9.17) is 47.4 Å². The van der Waals surface area contributed by atoms with Gasteiger partial charge in [0.2, 0.25) is 0 Å². The molecule has 0 amide bonds. The summed E-state index contributed by atoms with van der Waals surface area (Å²) in [5.41, 5.74) is 84.6. The summed E-state index contributed by atoms with van der Waals surface area (Å²) in [7, 11) is 0. The van der Waals surface area contributed by atoms with E-state index in [1.54, 1.807) is 0 Å². The molecule has 5 saturated carbocycles. The average Bonchev–Trinajstić information content (AvgIpc) is 1.51. The van der Waals surface area contributed by atoms with Gasteiger partial charge in [-0.2, -0.15) is 0 Å². The number of hydrogen-bond donors (Lipinski definition) is 26. The highest BCUT2D eigenvalue weighted by atomic mass is 16.9. The molecule has 16 unspecified atom stereocenters. The highest BCUT2D eigenvalue weighted by Gasteiger charge is 2.42. The normalized spacial score (nSPS) is 36.2. The molecule has 36 heteroatoms. The van der Waals surface area contributed by atoms with Crippen LogP contribution in [0, 0.1) is 35.0 Å². The van der Waals surface area contributed by atoms with Crippen LogP contribution in [-0.2, 0) is 47.4 Å². The Hall–Kier alpha value is -2.22. The zero-order valence-electron chi connectivity index (χ0n) is 72.2. The monoisotopic (exact) mass is 1670 g/mol. The Bertz CT molecular complexity index is 2380. The smallest absolute Gasteiger partial charge is 0.285 e. The minimum absolute atomic E-state index is 0.0266. The van der Waals surface area contributed by atoms with Gasteiger partial charge in [0.15, 0.2) is 6.29 Å². The fourth-order valence-corrected chi connectivity index (χ4v) is 18.2. The molecule has 20 heterocycles. The summed E-state index contributed by atoms with van der Waals surface area (Å²) in [5, 5.41) is 0. The molecule has 0 aromatic heterocycles. The zero-order chi connectivity index (χ0) is 81.3. The molecule has 17 saturated heterocycles. The number of fused-ring (bicyclic) bond motifs is 17.